The summed E-state index contributed by atoms with van der Waals surface area (Å²) in [7, 11) is 0. The highest BCUT2D eigenvalue weighted by Crippen LogP contribution is 2.25. The van der Waals surface area contributed by atoms with E-state index in [0.717, 1.165) is 44.1 Å². The first-order valence-electron chi connectivity index (χ1n) is 9.88. The monoisotopic (exact) mass is 388 g/mol. The van der Waals surface area contributed by atoms with Crippen molar-refractivity contribution in [3.8, 4) is 0 Å². The van der Waals surface area contributed by atoms with Crippen LogP contribution in [-0.2, 0) is 6.54 Å². The van der Waals surface area contributed by atoms with Crippen LogP contribution in [0.2, 0.25) is 5.15 Å². The summed E-state index contributed by atoms with van der Waals surface area (Å²) in [6.07, 6.45) is 4.51. The number of carbonyl (C=O) groups is 1. The second kappa shape index (κ2) is 8.79. The summed E-state index contributed by atoms with van der Waals surface area (Å²) in [6.45, 7) is 9.17. The van der Waals surface area contributed by atoms with Crippen molar-refractivity contribution in [2.45, 2.75) is 53.0 Å². The number of halogens is 1. The molecule has 1 aliphatic heterocycles. The predicted octanol–water partition coefficient (Wildman–Crippen LogP) is 5.13. The highest BCUT2D eigenvalue weighted by atomic mass is 35.5. The van der Waals surface area contributed by atoms with Crippen LogP contribution in [-0.4, -0.2) is 28.8 Å². The van der Waals surface area contributed by atoms with Gasteiger partial charge in [-0.1, -0.05) is 31.9 Å². The minimum Gasteiger partial charge on any atom is -0.372 e. The molecule has 27 heavy (non-hydrogen) atoms. The Morgan fingerprint density at radius 3 is 2.56 bits per heavy atom. The Morgan fingerprint density at radius 2 is 1.93 bits per heavy atom. The molecule has 6 heteroatoms. The van der Waals surface area contributed by atoms with Crippen LogP contribution in [0.3, 0.4) is 0 Å². The Hall–Kier alpha value is -2.01. The van der Waals surface area contributed by atoms with Gasteiger partial charge >= 0.3 is 0 Å². The Balaban J connectivity index is 1.67. The smallest absolute Gasteiger partial charge is 0.260 e. The first-order chi connectivity index (χ1) is 13.0. The number of nitrogens with one attached hydrogen (secondary N) is 1. The zero-order chi connectivity index (χ0) is 19.4. The first kappa shape index (κ1) is 19.7. The van der Waals surface area contributed by atoms with Crippen LogP contribution in [0.25, 0.3) is 0 Å². The van der Waals surface area contributed by atoms with Crippen LogP contribution >= 0.6 is 11.6 Å². The Morgan fingerprint density at radius 1 is 1.26 bits per heavy atom. The molecule has 2 aromatic rings. The van der Waals surface area contributed by atoms with Crippen molar-refractivity contribution in [3.05, 3.63) is 40.7 Å². The highest BCUT2D eigenvalue weighted by Gasteiger charge is 2.20. The lowest BCUT2D eigenvalue weighted by Gasteiger charge is -2.32. The van der Waals surface area contributed by atoms with Gasteiger partial charge in [0.05, 0.1) is 11.3 Å². The van der Waals surface area contributed by atoms with E-state index < -0.39 is 0 Å². The SMILES string of the molecule is CCCCn1nc(C)c(C(=O)Nc2ccc(N3CCC(C)CC3)cc2)c1Cl. The molecular formula is C21H29ClN4O. The highest BCUT2D eigenvalue weighted by molar-refractivity contribution is 6.33. The Labute approximate surface area is 166 Å². The molecule has 0 bridgehead atoms. The van der Waals surface area contributed by atoms with Crippen molar-refractivity contribution in [1.29, 1.82) is 0 Å². The molecule has 1 amide bonds. The third kappa shape index (κ3) is 4.64. The fourth-order valence-electron chi connectivity index (χ4n) is 3.48. The number of hydrogen-bond donors (Lipinski definition) is 1. The largest absolute Gasteiger partial charge is 0.372 e. The standard InChI is InChI=1S/C21H29ClN4O/c1-4-5-12-26-20(22)19(16(3)24-26)21(27)23-17-6-8-18(9-7-17)25-13-10-15(2)11-14-25/h6-9,15H,4-5,10-14H2,1-3H3,(H,23,27). The molecule has 5 nitrogen and oxygen atoms in total. The minimum absolute atomic E-state index is 0.209. The fourth-order valence-corrected chi connectivity index (χ4v) is 3.83. The number of aryl methyl sites for hydroxylation is 2. The molecule has 3 rings (SSSR count). The average Bonchev–Trinajstić information content (AvgIpc) is 2.95. The molecule has 1 aromatic heterocycles. The van der Waals surface area contributed by atoms with E-state index in [9.17, 15) is 4.79 Å². The quantitative estimate of drug-likeness (QED) is 0.745. The maximum atomic E-state index is 12.7. The van der Waals surface area contributed by atoms with Crippen LogP contribution in [0, 0.1) is 12.8 Å². The number of rotatable bonds is 6. The number of amides is 1. The number of anilines is 2. The molecular weight excluding hydrogens is 360 g/mol. The van der Waals surface area contributed by atoms with Gasteiger partial charge in [0.15, 0.2) is 0 Å². The number of carbonyl (C=O) groups excluding carboxylic acids is 1. The van der Waals surface area contributed by atoms with Gasteiger partial charge in [-0.3, -0.25) is 9.48 Å². The Kier molecular flexibility index (Phi) is 6.42. The maximum absolute atomic E-state index is 12.7. The molecule has 0 saturated carbocycles. The maximum Gasteiger partial charge on any atom is 0.260 e. The molecule has 1 fully saturated rings. The van der Waals surface area contributed by atoms with Gasteiger partial charge in [0, 0.05) is 31.0 Å². The molecule has 0 atom stereocenters. The normalized spacial score (nSPS) is 15.2. The number of benzene rings is 1. The van der Waals surface area contributed by atoms with Crippen LogP contribution in [0.5, 0.6) is 0 Å². The van der Waals surface area contributed by atoms with E-state index in [4.69, 9.17) is 11.6 Å². The van der Waals surface area contributed by atoms with Crippen molar-refractivity contribution < 1.29 is 4.79 Å². The van der Waals surface area contributed by atoms with E-state index in [0.29, 0.717) is 16.4 Å². The van der Waals surface area contributed by atoms with E-state index in [2.05, 4.69) is 41.3 Å². The number of hydrogen-bond acceptors (Lipinski definition) is 3. The van der Waals surface area contributed by atoms with Crippen molar-refractivity contribution in [3.63, 3.8) is 0 Å². The molecule has 146 valence electrons. The van der Waals surface area contributed by atoms with E-state index in [1.54, 1.807) is 4.68 Å². The van der Waals surface area contributed by atoms with Gasteiger partial charge in [-0.15, -0.1) is 0 Å². The first-order valence-corrected chi connectivity index (χ1v) is 10.3. The van der Waals surface area contributed by atoms with Gasteiger partial charge in [0.1, 0.15) is 5.15 Å². The Bertz CT molecular complexity index is 776. The van der Waals surface area contributed by atoms with Gasteiger partial charge in [-0.25, -0.2) is 0 Å². The molecule has 1 N–H and O–H groups in total. The van der Waals surface area contributed by atoms with E-state index in [-0.39, 0.29) is 5.91 Å². The molecule has 0 unspecified atom stereocenters. The minimum atomic E-state index is -0.209. The summed E-state index contributed by atoms with van der Waals surface area (Å²) in [5.74, 6) is 0.603. The molecule has 1 aliphatic rings. The fraction of sp³-hybridized carbons (Fsp3) is 0.524. The number of aromatic nitrogens is 2. The van der Waals surface area contributed by atoms with Crippen molar-refractivity contribution >= 4 is 28.9 Å². The lowest BCUT2D eigenvalue weighted by atomic mass is 9.99. The van der Waals surface area contributed by atoms with Gasteiger partial charge in [-0.05, 0) is 56.4 Å². The van der Waals surface area contributed by atoms with Gasteiger partial charge < -0.3 is 10.2 Å². The van der Waals surface area contributed by atoms with Crippen LogP contribution in [0.15, 0.2) is 24.3 Å². The van der Waals surface area contributed by atoms with Crippen molar-refractivity contribution in [2.24, 2.45) is 5.92 Å². The van der Waals surface area contributed by atoms with Gasteiger partial charge in [0.25, 0.3) is 5.91 Å². The van der Waals surface area contributed by atoms with Crippen molar-refractivity contribution in [2.75, 3.05) is 23.3 Å². The summed E-state index contributed by atoms with van der Waals surface area (Å²) in [5, 5.41) is 7.77. The average molecular weight is 389 g/mol. The van der Waals surface area contributed by atoms with E-state index in [1.807, 2.05) is 19.1 Å². The third-order valence-electron chi connectivity index (χ3n) is 5.29. The van der Waals surface area contributed by atoms with Crippen molar-refractivity contribution in [1.82, 2.24) is 9.78 Å². The zero-order valence-corrected chi connectivity index (χ0v) is 17.2. The summed E-state index contributed by atoms with van der Waals surface area (Å²) in [6, 6.07) is 8.06. The summed E-state index contributed by atoms with van der Waals surface area (Å²) >= 11 is 6.40. The molecule has 1 aromatic carbocycles. The second-order valence-electron chi connectivity index (χ2n) is 7.50. The molecule has 0 aliphatic carbocycles. The summed E-state index contributed by atoms with van der Waals surface area (Å²) < 4.78 is 1.72. The summed E-state index contributed by atoms with van der Waals surface area (Å²) in [5.41, 5.74) is 3.10. The number of unbranched alkanes of at least 4 members (excludes halogenated alkanes) is 1. The summed E-state index contributed by atoms with van der Waals surface area (Å²) in [4.78, 5) is 15.1. The van der Waals surface area contributed by atoms with Crippen LogP contribution < -0.4 is 10.2 Å². The third-order valence-corrected chi connectivity index (χ3v) is 5.67. The predicted molar refractivity (Wildman–Crippen MR) is 112 cm³/mol. The van der Waals surface area contributed by atoms with Gasteiger partial charge in [0.2, 0.25) is 0 Å². The van der Waals surface area contributed by atoms with Crippen LogP contribution in [0.4, 0.5) is 11.4 Å². The molecule has 1 saturated heterocycles. The van der Waals surface area contributed by atoms with E-state index in [1.165, 1.54) is 18.5 Å². The van der Waals surface area contributed by atoms with E-state index >= 15 is 0 Å². The lowest BCUT2D eigenvalue weighted by molar-refractivity contribution is 0.102. The topological polar surface area (TPSA) is 50.2 Å². The molecule has 0 radical (unpaired) electrons. The molecule has 0 spiro atoms. The zero-order valence-electron chi connectivity index (χ0n) is 16.5. The number of piperidine rings is 1. The van der Waals surface area contributed by atoms with Gasteiger partial charge in [-0.2, -0.15) is 5.10 Å². The second-order valence-corrected chi connectivity index (χ2v) is 7.86. The van der Waals surface area contributed by atoms with Crippen LogP contribution in [0.1, 0.15) is 55.6 Å². The number of nitrogens with zero attached hydrogens (tertiary/aromatic N) is 3. The lowest BCUT2D eigenvalue weighted by Crippen LogP contribution is -2.32. The molecule has 2 heterocycles.